The summed E-state index contributed by atoms with van der Waals surface area (Å²) in [6, 6.07) is 14.5. The summed E-state index contributed by atoms with van der Waals surface area (Å²) in [6.45, 7) is 4.98. The molecule has 140 valence electrons. The molecule has 0 saturated carbocycles. The first kappa shape index (κ1) is 19.1. The maximum Gasteiger partial charge on any atom is 0.254 e. The standard InChI is InChI=1S/C21H21ClN2O3/c1-3-20(25)23(2)18-10-6-16(7-11-18)21(26)24-12-13-27-19(14-24)15-4-8-17(22)9-5-15/h3-11,19H,1,12-14H2,2H3/t19-/m0/s1. The molecule has 1 fully saturated rings. The van der Waals surface area contributed by atoms with Gasteiger partial charge in [0.1, 0.15) is 6.10 Å². The first-order valence-corrected chi connectivity index (χ1v) is 9.04. The second-order valence-corrected chi connectivity index (χ2v) is 6.75. The molecule has 0 unspecified atom stereocenters. The number of carbonyl (C=O) groups excluding carboxylic acids is 2. The molecule has 5 nitrogen and oxygen atoms in total. The van der Waals surface area contributed by atoms with Gasteiger partial charge in [0.15, 0.2) is 0 Å². The van der Waals surface area contributed by atoms with E-state index in [-0.39, 0.29) is 17.9 Å². The maximum absolute atomic E-state index is 12.9. The summed E-state index contributed by atoms with van der Waals surface area (Å²) in [5, 5.41) is 0.669. The minimum Gasteiger partial charge on any atom is -0.370 e. The van der Waals surface area contributed by atoms with Crippen molar-refractivity contribution in [2.24, 2.45) is 0 Å². The third-order valence-electron chi connectivity index (χ3n) is 4.60. The molecule has 2 aromatic rings. The smallest absolute Gasteiger partial charge is 0.254 e. The van der Waals surface area contributed by atoms with E-state index >= 15 is 0 Å². The molecule has 1 aliphatic rings. The lowest BCUT2D eigenvalue weighted by Gasteiger charge is -2.33. The molecule has 3 rings (SSSR count). The number of nitrogens with zero attached hydrogens (tertiary/aromatic N) is 2. The van der Waals surface area contributed by atoms with E-state index in [0.29, 0.717) is 36.0 Å². The van der Waals surface area contributed by atoms with E-state index in [1.165, 1.54) is 11.0 Å². The zero-order chi connectivity index (χ0) is 19.4. The normalized spacial score (nSPS) is 16.7. The minimum absolute atomic E-state index is 0.0542. The van der Waals surface area contributed by atoms with Gasteiger partial charge in [-0.05, 0) is 48.0 Å². The highest BCUT2D eigenvalue weighted by Gasteiger charge is 2.26. The molecule has 0 aromatic heterocycles. The topological polar surface area (TPSA) is 49.9 Å². The number of ether oxygens (including phenoxy) is 1. The average Bonchev–Trinajstić information content (AvgIpc) is 2.73. The zero-order valence-electron chi connectivity index (χ0n) is 15.1. The lowest BCUT2D eigenvalue weighted by molar-refractivity contribution is -0.113. The molecule has 2 amide bonds. The van der Waals surface area contributed by atoms with Gasteiger partial charge >= 0.3 is 0 Å². The van der Waals surface area contributed by atoms with Crippen molar-refractivity contribution in [2.45, 2.75) is 6.10 Å². The highest BCUT2D eigenvalue weighted by atomic mass is 35.5. The largest absolute Gasteiger partial charge is 0.370 e. The summed E-state index contributed by atoms with van der Waals surface area (Å²) in [5.41, 5.74) is 2.28. The quantitative estimate of drug-likeness (QED) is 0.755. The van der Waals surface area contributed by atoms with Gasteiger partial charge in [-0.3, -0.25) is 9.59 Å². The molecular formula is C21H21ClN2O3. The molecule has 1 aliphatic heterocycles. The van der Waals surface area contributed by atoms with Crippen LogP contribution in [-0.4, -0.2) is 43.5 Å². The van der Waals surface area contributed by atoms with E-state index in [0.717, 1.165) is 5.56 Å². The van der Waals surface area contributed by atoms with Crippen LogP contribution in [0.4, 0.5) is 5.69 Å². The van der Waals surface area contributed by atoms with Gasteiger partial charge in [-0.1, -0.05) is 30.3 Å². The molecule has 2 aromatic carbocycles. The number of halogens is 1. The van der Waals surface area contributed by atoms with Crippen LogP contribution in [0.3, 0.4) is 0 Å². The minimum atomic E-state index is -0.201. The van der Waals surface area contributed by atoms with Crippen molar-refractivity contribution < 1.29 is 14.3 Å². The van der Waals surface area contributed by atoms with E-state index < -0.39 is 0 Å². The van der Waals surface area contributed by atoms with Gasteiger partial charge in [-0.25, -0.2) is 0 Å². The predicted octanol–water partition coefficient (Wildman–Crippen LogP) is 3.70. The van der Waals surface area contributed by atoms with Gasteiger partial charge in [0, 0.05) is 29.9 Å². The van der Waals surface area contributed by atoms with Crippen LogP contribution in [0.15, 0.2) is 61.2 Å². The molecule has 0 N–H and O–H groups in total. The van der Waals surface area contributed by atoms with Crippen molar-refractivity contribution in [2.75, 3.05) is 31.6 Å². The molecule has 0 radical (unpaired) electrons. The number of benzene rings is 2. The zero-order valence-corrected chi connectivity index (χ0v) is 15.9. The van der Waals surface area contributed by atoms with E-state index in [1.807, 2.05) is 24.3 Å². The Labute approximate surface area is 163 Å². The van der Waals surface area contributed by atoms with Crippen LogP contribution in [0.1, 0.15) is 22.0 Å². The van der Waals surface area contributed by atoms with Gasteiger partial charge in [0.2, 0.25) is 5.91 Å². The SMILES string of the molecule is C=CC(=O)N(C)c1ccc(C(=O)N2CCO[C@H](c3ccc(Cl)cc3)C2)cc1. The Morgan fingerprint density at radius 3 is 2.48 bits per heavy atom. The molecule has 0 spiro atoms. The fraction of sp³-hybridized carbons (Fsp3) is 0.238. The van der Waals surface area contributed by atoms with Gasteiger partial charge in [-0.2, -0.15) is 0 Å². The fourth-order valence-corrected chi connectivity index (χ4v) is 3.11. The van der Waals surface area contributed by atoms with E-state index in [9.17, 15) is 9.59 Å². The Kier molecular flexibility index (Phi) is 5.94. The number of amides is 2. The second-order valence-electron chi connectivity index (χ2n) is 6.31. The number of hydrogen-bond donors (Lipinski definition) is 0. The Morgan fingerprint density at radius 1 is 1.19 bits per heavy atom. The summed E-state index contributed by atoms with van der Waals surface area (Å²) >= 11 is 5.94. The average molecular weight is 385 g/mol. The van der Waals surface area contributed by atoms with Crippen molar-refractivity contribution in [3.8, 4) is 0 Å². The van der Waals surface area contributed by atoms with Crippen molar-refractivity contribution in [1.82, 2.24) is 4.90 Å². The van der Waals surface area contributed by atoms with Crippen LogP contribution in [0.2, 0.25) is 5.02 Å². The molecule has 1 atom stereocenters. The Hall–Kier alpha value is -2.63. The Morgan fingerprint density at radius 2 is 1.85 bits per heavy atom. The number of morpholine rings is 1. The lowest BCUT2D eigenvalue weighted by Crippen LogP contribution is -2.42. The molecular weight excluding hydrogens is 364 g/mol. The maximum atomic E-state index is 12.9. The first-order valence-electron chi connectivity index (χ1n) is 8.66. The van der Waals surface area contributed by atoms with Crippen LogP contribution in [0, 0.1) is 0 Å². The number of likely N-dealkylation sites (N-methyl/N-ethyl adjacent to an activating group) is 1. The second kappa shape index (κ2) is 8.37. The van der Waals surface area contributed by atoms with Crippen molar-refractivity contribution in [1.29, 1.82) is 0 Å². The Balaban J connectivity index is 1.70. The number of hydrogen-bond acceptors (Lipinski definition) is 3. The van der Waals surface area contributed by atoms with Crippen molar-refractivity contribution in [3.05, 3.63) is 77.3 Å². The molecule has 0 aliphatic carbocycles. The van der Waals surface area contributed by atoms with E-state index in [4.69, 9.17) is 16.3 Å². The highest BCUT2D eigenvalue weighted by molar-refractivity contribution is 6.30. The van der Waals surface area contributed by atoms with Crippen molar-refractivity contribution in [3.63, 3.8) is 0 Å². The lowest BCUT2D eigenvalue weighted by atomic mass is 10.1. The first-order chi connectivity index (χ1) is 13.0. The number of anilines is 1. The monoisotopic (exact) mass is 384 g/mol. The third kappa shape index (κ3) is 4.38. The van der Waals surface area contributed by atoms with Crippen LogP contribution in [0.5, 0.6) is 0 Å². The third-order valence-corrected chi connectivity index (χ3v) is 4.85. The molecule has 1 heterocycles. The van der Waals surface area contributed by atoms with Gasteiger partial charge in [-0.15, -0.1) is 0 Å². The van der Waals surface area contributed by atoms with Gasteiger partial charge in [0.05, 0.1) is 13.2 Å². The summed E-state index contributed by atoms with van der Waals surface area (Å²) in [5.74, 6) is -0.255. The molecule has 1 saturated heterocycles. The number of rotatable bonds is 4. The summed E-state index contributed by atoms with van der Waals surface area (Å²) in [7, 11) is 1.67. The summed E-state index contributed by atoms with van der Waals surface area (Å²) < 4.78 is 5.82. The molecule has 6 heteroatoms. The molecule has 0 bridgehead atoms. The van der Waals surface area contributed by atoms with Crippen LogP contribution < -0.4 is 4.90 Å². The number of carbonyl (C=O) groups is 2. The van der Waals surface area contributed by atoms with Crippen LogP contribution in [0.25, 0.3) is 0 Å². The summed E-state index contributed by atoms with van der Waals surface area (Å²) in [6.07, 6.45) is 1.08. The Bertz CT molecular complexity index is 834. The molecule has 27 heavy (non-hydrogen) atoms. The van der Waals surface area contributed by atoms with Gasteiger partial charge in [0.25, 0.3) is 5.91 Å². The van der Waals surface area contributed by atoms with Crippen LogP contribution >= 0.6 is 11.6 Å². The van der Waals surface area contributed by atoms with Crippen LogP contribution in [-0.2, 0) is 9.53 Å². The summed E-state index contributed by atoms with van der Waals surface area (Å²) in [4.78, 5) is 27.8. The highest BCUT2D eigenvalue weighted by Crippen LogP contribution is 2.25. The predicted molar refractivity (Wildman–Crippen MR) is 106 cm³/mol. The van der Waals surface area contributed by atoms with Crippen molar-refractivity contribution >= 4 is 29.1 Å². The fourth-order valence-electron chi connectivity index (χ4n) is 2.99. The van der Waals surface area contributed by atoms with E-state index in [2.05, 4.69) is 6.58 Å². The van der Waals surface area contributed by atoms with E-state index in [1.54, 1.807) is 36.2 Å². The van der Waals surface area contributed by atoms with Gasteiger partial charge < -0.3 is 14.5 Å².